The Morgan fingerprint density at radius 3 is 1.86 bits per heavy atom. The molecule has 1 unspecified atom stereocenters. The molecule has 274 valence electrons. The molecule has 3 aromatic heterocycles. The Morgan fingerprint density at radius 2 is 1.10 bits per heavy atom. The summed E-state index contributed by atoms with van der Waals surface area (Å²) >= 11 is 1.92. The minimum atomic E-state index is 0.144. The molecule has 1 atom stereocenters. The quantitative estimate of drug-likeness (QED) is 0.165. The first kappa shape index (κ1) is 33.0. The predicted octanol–water partition coefficient (Wildman–Crippen LogP) is 15.1. The number of rotatable bonds is 6. The molecule has 11 aromatic rings. The van der Waals surface area contributed by atoms with Crippen molar-refractivity contribution in [3.05, 3.63) is 211 Å². The number of nitrogens with zero attached hydrogens (tertiary/aromatic N) is 3. The van der Waals surface area contributed by atoms with Crippen molar-refractivity contribution in [3.8, 4) is 16.8 Å². The maximum atomic E-state index is 2.65. The van der Waals surface area contributed by atoms with Crippen molar-refractivity contribution < 1.29 is 0 Å². The van der Waals surface area contributed by atoms with E-state index in [2.05, 4.69) is 220 Å². The zero-order chi connectivity index (χ0) is 38.2. The Bertz CT molecular complexity index is 3310. The maximum absolute atomic E-state index is 2.65. The van der Waals surface area contributed by atoms with Gasteiger partial charge < -0.3 is 14.0 Å². The van der Waals surface area contributed by atoms with Crippen molar-refractivity contribution in [3.63, 3.8) is 0 Å². The Morgan fingerprint density at radius 1 is 0.483 bits per heavy atom. The number of para-hydroxylation sites is 4. The van der Waals surface area contributed by atoms with Crippen LogP contribution in [0.15, 0.2) is 200 Å². The van der Waals surface area contributed by atoms with Gasteiger partial charge in [0.15, 0.2) is 0 Å². The van der Waals surface area contributed by atoms with Crippen LogP contribution in [0.3, 0.4) is 0 Å². The molecule has 0 bridgehead atoms. The Balaban J connectivity index is 1.02. The molecule has 0 spiro atoms. The smallest absolute Gasteiger partial charge is 0.0678 e. The molecule has 0 radical (unpaired) electrons. The van der Waals surface area contributed by atoms with Crippen molar-refractivity contribution in [1.82, 2.24) is 9.13 Å². The van der Waals surface area contributed by atoms with Crippen molar-refractivity contribution in [2.24, 2.45) is 0 Å². The standard InChI is InChI=1S/C54H37N3S/c1-4-14-38(15-5-1)55(39-16-6-2-7-17-39)41-27-24-36(25-28-41)37-26-32-51-47(34-37)45-30-31-46-44-21-11-13-23-52(44)58-54(46)53(45)57(51)42-29-33-50-48(35-42)43-20-10-12-22-49(43)56(50)40-18-8-3-9-19-40/h1-34,42H,35H2. The number of hydrogen-bond donors (Lipinski definition) is 0. The van der Waals surface area contributed by atoms with Gasteiger partial charge >= 0.3 is 0 Å². The fourth-order valence-corrected chi connectivity index (χ4v) is 10.7. The molecule has 0 fully saturated rings. The summed E-state index contributed by atoms with van der Waals surface area (Å²) < 4.78 is 7.77. The highest BCUT2D eigenvalue weighted by molar-refractivity contribution is 7.26. The molecule has 0 saturated carbocycles. The first-order valence-corrected chi connectivity index (χ1v) is 20.8. The lowest BCUT2D eigenvalue weighted by Crippen LogP contribution is -2.13. The van der Waals surface area contributed by atoms with Gasteiger partial charge in [-0.1, -0.05) is 127 Å². The van der Waals surface area contributed by atoms with E-state index in [4.69, 9.17) is 0 Å². The molecule has 0 amide bonds. The molecule has 1 aliphatic rings. The van der Waals surface area contributed by atoms with Gasteiger partial charge in [-0.15, -0.1) is 11.3 Å². The van der Waals surface area contributed by atoms with E-state index in [-0.39, 0.29) is 6.04 Å². The fraction of sp³-hybridized carbons (Fsp3) is 0.0370. The Kier molecular flexibility index (Phi) is 7.54. The predicted molar refractivity (Wildman–Crippen MR) is 248 cm³/mol. The van der Waals surface area contributed by atoms with E-state index in [0.717, 1.165) is 23.5 Å². The van der Waals surface area contributed by atoms with Gasteiger partial charge in [0.25, 0.3) is 0 Å². The summed E-state index contributed by atoms with van der Waals surface area (Å²) in [7, 11) is 0. The van der Waals surface area contributed by atoms with Gasteiger partial charge in [-0.3, -0.25) is 0 Å². The second kappa shape index (κ2) is 13.2. The summed E-state index contributed by atoms with van der Waals surface area (Å²) in [5, 5.41) is 6.58. The van der Waals surface area contributed by atoms with Crippen molar-refractivity contribution >= 4 is 87.4 Å². The number of hydrogen-bond acceptors (Lipinski definition) is 2. The minimum absolute atomic E-state index is 0.144. The number of aromatic nitrogens is 2. The fourth-order valence-electron chi connectivity index (χ4n) is 9.47. The molecule has 0 N–H and O–H groups in total. The SMILES string of the molecule is C1=CC(n2c3ccc(-c4ccc(N(c5ccccc5)c5ccccc5)cc4)cc3c3ccc4c5ccccc5sc4c32)Cc2c1n(-c1ccccc1)c1ccccc21. The molecular weight excluding hydrogens is 723 g/mol. The van der Waals surface area contributed by atoms with E-state index >= 15 is 0 Å². The number of benzene rings is 8. The maximum Gasteiger partial charge on any atom is 0.0678 e. The van der Waals surface area contributed by atoms with Crippen LogP contribution < -0.4 is 4.90 Å². The van der Waals surface area contributed by atoms with Crippen LogP contribution in [-0.2, 0) is 6.42 Å². The average molecular weight is 760 g/mol. The summed E-state index contributed by atoms with van der Waals surface area (Å²) in [5.74, 6) is 0. The van der Waals surface area contributed by atoms with Crippen molar-refractivity contribution in [2.75, 3.05) is 4.90 Å². The molecule has 0 saturated heterocycles. The summed E-state index contributed by atoms with van der Waals surface area (Å²) in [4.78, 5) is 2.32. The first-order valence-electron chi connectivity index (χ1n) is 20.0. The van der Waals surface area contributed by atoms with Gasteiger partial charge in [0.2, 0.25) is 0 Å². The largest absolute Gasteiger partial charge is 0.332 e. The van der Waals surface area contributed by atoms with E-state index in [1.54, 1.807) is 0 Å². The number of allylic oxidation sites excluding steroid dienone is 1. The van der Waals surface area contributed by atoms with Gasteiger partial charge in [0.05, 0.1) is 21.8 Å². The second-order valence-electron chi connectivity index (χ2n) is 15.3. The molecule has 1 aliphatic carbocycles. The van der Waals surface area contributed by atoms with E-state index < -0.39 is 0 Å². The van der Waals surface area contributed by atoms with Crippen LogP contribution in [-0.4, -0.2) is 9.13 Å². The van der Waals surface area contributed by atoms with Gasteiger partial charge in [0.1, 0.15) is 0 Å². The third kappa shape index (κ3) is 5.12. The first-order chi connectivity index (χ1) is 28.8. The van der Waals surface area contributed by atoms with Gasteiger partial charge in [0, 0.05) is 65.6 Å². The summed E-state index contributed by atoms with van der Waals surface area (Å²) in [6.45, 7) is 0. The van der Waals surface area contributed by atoms with E-state index in [1.807, 2.05) is 11.3 Å². The zero-order valence-corrected chi connectivity index (χ0v) is 32.5. The summed E-state index contributed by atoms with van der Waals surface area (Å²) in [6.07, 6.45) is 5.74. The molecule has 4 heteroatoms. The third-order valence-electron chi connectivity index (χ3n) is 12.1. The van der Waals surface area contributed by atoms with E-state index in [9.17, 15) is 0 Å². The van der Waals surface area contributed by atoms with Gasteiger partial charge in [-0.2, -0.15) is 0 Å². The number of fused-ring (bicyclic) bond motifs is 10. The average Bonchev–Trinajstić information content (AvgIpc) is 3.95. The van der Waals surface area contributed by atoms with Crippen LogP contribution in [0.25, 0.3) is 75.8 Å². The van der Waals surface area contributed by atoms with Gasteiger partial charge in [-0.25, -0.2) is 0 Å². The molecule has 58 heavy (non-hydrogen) atoms. The van der Waals surface area contributed by atoms with Crippen molar-refractivity contribution in [2.45, 2.75) is 12.5 Å². The molecule has 8 aromatic carbocycles. The zero-order valence-electron chi connectivity index (χ0n) is 31.7. The Labute approximate surface area is 340 Å². The topological polar surface area (TPSA) is 13.1 Å². The molecule has 12 rings (SSSR count). The summed E-state index contributed by atoms with van der Waals surface area (Å²) in [5.41, 5.74) is 13.5. The van der Waals surface area contributed by atoms with Crippen LogP contribution in [0.2, 0.25) is 0 Å². The van der Waals surface area contributed by atoms with Crippen molar-refractivity contribution in [1.29, 1.82) is 0 Å². The lowest BCUT2D eigenvalue weighted by Gasteiger charge is -2.25. The lowest BCUT2D eigenvalue weighted by molar-refractivity contribution is 0.637. The molecule has 0 aliphatic heterocycles. The van der Waals surface area contributed by atoms with Crippen LogP contribution in [0, 0.1) is 0 Å². The Hall–Kier alpha value is -7.14. The highest BCUT2D eigenvalue weighted by Crippen LogP contribution is 2.46. The highest BCUT2D eigenvalue weighted by Gasteiger charge is 2.27. The molecule has 3 nitrogen and oxygen atoms in total. The normalized spacial score (nSPS) is 13.9. The molecular formula is C54H37N3S. The van der Waals surface area contributed by atoms with E-state index in [1.165, 1.54) is 81.0 Å². The number of anilines is 3. The van der Waals surface area contributed by atoms with Crippen LogP contribution in [0.4, 0.5) is 17.1 Å². The van der Waals surface area contributed by atoms with Gasteiger partial charge in [-0.05, 0) is 102 Å². The van der Waals surface area contributed by atoms with Crippen LogP contribution >= 0.6 is 11.3 Å². The third-order valence-corrected chi connectivity index (χ3v) is 13.2. The van der Waals surface area contributed by atoms with Crippen LogP contribution in [0.5, 0.6) is 0 Å². The monoisotopic (exact) mass is 759 g/mol. The lowest BCUT2D eigenvalue weighted by atomic mass is 9.96. The van der Waals surface area contributed by atoms with E-state index in [0.29, 0.717) is 0 Å². The van der Waals surface area contributed by atoms with Crippen LogP contribution in [0.1, 0.15) is 17.3 Å². The highest BCUT2D eigenvalue weighted by atomic mass is 32.1. The number of thiophene rings is 1. The molecule has 3 heterocycles. The second-order valence-corrected chi connectivity index (χ2v) is 16.3. The minimum Gasteiger partial charge on any atom is -0.332 e. The summed E-state index contributed by atoms with van der Waals surface area (Å²) in [6, 6.07) is 70.8.